The van der Waals surface area contributed by atoms with E-state index in [0.29, 0.717) is 59.2 Å². The molecule has 1 rings (SSSR count). The Morgan fingerprint density at radius 2 is 1.57 bits per heavy atom. The molecule has 0 atom stereocenters. The number of azide groups is 1. The van der Waals surface area contributed by atoms with Gasteiger partial charge in [0.1, 0.15) is 6.61 Å². The van der Waals surface area contributed by atoms with Crippen molar-refractivity contribution < 1.29 is 28.7 Å². The highest BCUT2D eigenvalue weighted by Gasteiger charge is 2.05. The van der Waals surface area contributed by atoms with E-state index in [1.165, 1.54) is 12.1 Å². The van der Waals surface area contributed by atoms with E-state index in [4.69, 9.17) is 24.5 Å². The van der Waals surface area contributed by atoms with Crippen LogP contribution in [-0.4, -0.2) is 76.8 Å². The van der Waals surface area contributed by atoms with Crippen LogP contribution in [0.25, 0.3) is 10.4 Å². The van der Waals surface area contributed by atoms with Crippen molar-refractivity contribution in [2.75, 3.05) is 65.9 Å². The molecule has 0 aromatic heterocycles. The van der Waals surface area contributed by atoms with Gasteiger partial charge in [0.05, 0.1) is 51.2 Å². The topological polar surface area (TPSA) is 158 Å². The average molecular weight is 425 g/mol. The van der Waals surface area contributed by atoms with E-state index in [1.807, 2.05) is 0 Å². The lowest BCUT2D eigenvalue weighted by atomic mass is 10.1. The quantitative estimate of drug-likeness (QED) is 0.0934. The predicted octanol–water partition coefficient (Wildman–Crippen LogP) is 1.63. The first-order valence-corrected chi connectivity index (χ1v) is 9.45. The van der Waals surface area contributed by atoms with Gasteiger partial charge in [-0.25, -0.2) is 0 Å². The number of carbonyl (C=O) groups excluding carboxylic acids is 1. The highest BCUT2D eigenvalue weighted by atomic mass is 16.6. The number of non-ortho nitro benzene ring substituents is 1. The highest BCUT2D eigenvalue weighted by molar-refractivity contribution is 5.77. The molecule has 0 bridgehead atoms. The molecule has 0 aliphatic heterocycles. The number of nitro groups is 1. The molecule has 0 spiro atoms. The van der Waals surface area contributed by atoms with Crippen molar-refractivity contribution in [3.8, 4) is 0 Å². The lowest BCUT2D eigenvalue weighted by Crippen LogP contribution is -2.30. The fourth-order valence-electron chi connectivity index (χ4n) is 2.16. The van der Waals surface area contributed by atoms with Gasteiger partial charge in [0.25, 0.3) is 5.69 Å². The summed E-state index contributed by atoms with van der Waals surface area (Å²) in [5.41, 5.74) is 9.02. The molecule has 30 heavy (non-hydrogen) atoms. The number of ether oxygens (including phenoxy) is 4. The molecule has 166 valence electrons. The van der Waals surface area contributed by atoms with Gasteiger partial charge in [0.15, 0.2) is 0 Å². The van der Waals surface area contributed by atoms with Crippen LogP contribution in [0.4, 0.5) is 5.69 Å². The Kier molecular flexibility index (Phi) is 14.4. The van der Waals surface area contributed by atoms with E-state index in [9.17, 15) is 14.9 Å². The molecule has 0 saturated carbocycles. The van der Waals surface area contributed by atoms with Gasteiger partial charge in [-0.2, -0.15) is 0 Å². The summed E-state index contributed by atoms with van der Waals surface area (Å²) >= 11 is 0. The minimum atomic E-state index is -0.451. The van der Waals surface area contributed by atoms with Crippen LogP contribution in [0.15, 0.2) is 29.4 Å². The molecule has 1 N–H and O–H groups in total. The van der Waals surface area contributed by atoms with E-state index in [2.05, 4.69) is 15.3 Å². The van der Waals surface area contributed by atoms with Gasteiger partial charge in [0.2, 0.25) is 5.91 Å². The fraction of sp³-hybridized carbons (Fsp3) is 0.611. The molecule has 1 aromatic carbocycles. The Hall–Kier alpha value is -2.76. The van der Waals surface area contributed by atoms with E-state index < -0.39 is 4.92 Å². The van der Waals surface area contributed by atoms with Crippen LogP contribution in [0.3, 0.4) is 0 Å². The number of rotatable bonds is 18. The zero-order valence-corrected chi connectivity index (χ0v) is 16.7. The normalized spacial score (nSPS) is 10.4. The number of hydrogen-bond donors (Lipinski definition) is 1. The molecular weight excluding hydrogens is 398 g/mol. The molecule has 12 heteroatoms. The molecule has 1 amide bonds. The van der Waals surface area contributed by atoms with Crippen LogP contribution in [0, 0.1) is 10.1 Å². The van der Waals surface area contributed by atoms with Gasteiger partial charge in [-0.3, -0.25) is 14.9 Å². The van der Waals surface area contributed by atoms with E-state index >= 15 is 0 Å². The Labute approximate surface area is 174 Å². The minimum Gasteiger partial charge on any atom is -0.379 e. The Bertz CT molecular complexity index is 665. The van der Waals surface area contributed by atoms with E-state index in [-0.39, 0.29) is 24.8 Å². The van der Waals surface area contributed by atoms with Gasteiger partial charge in [-0.1, -0.05) is 17.2 Å². The minimum absolute atomic E-state index is 0.0397. The maximum absolute atomic E-state index is 11.7. The van der Waals surface area contributed by atoms with Gasteiger partial charge < -0.3 is 24.3 Å². The molecule has 12 nitrogen and oxygen atoms in total. The van der Waals surface area contributed by atoms with Crippen molar-refractivity contribution in [3.63, 3.8) is 0 Å². The molecular formula is C18H27N5O7. The molecule has 0 fully saturated rings. The number of nitro benzene ring substituents is 1. The number of benzene rings is 1. The zero-order valence-electron chi connectivity index (χ0n) is 16.7. The maximum atomic E-state index is 11.7. The summed E-state index contributed by atoms with van der Waals surface area (Å²) in [5, 5.41) is 16.7. The largest absolute Gasteiger partial charge is 0.379 e. The number of hydrogen-bond acceptors (Lipinski definition) is 8. The predicted molar refractivity (Wildman–Crippen MR) is 107 cm³/mol. The smallest absolute Gasteiger partial charge is 0.269 e. The van der Waals surface area contributed by atoms with Crippen LogP contribution in [-0.2, 0) is 30.2 Å². The van der Waals surface area contributed by atoms with Crippen LogP contribution >= 0.6 is 0 Å². The maximum Gasteiger partial charge on any atom is 0.269 e. The molecule has 1 aromatic rings. The summed E-state index contributed by atoms with van der Waals surface area (Å²) in [6, 6.07) is 6.21. The summed E-state index contributed by atoms with van der Waals surface area (Å²) < 4.78 is 21.0. The van der Waals surface area contributed by atoms with Crippen LogP contribution in [0.5, 0.6) is 0 Å². The third kappa shape index (κ3) is 13.4. The van der Waals surface area contributed by atoms with Crippen molar-refractivity contribution in [2.45, 2.75) is 6.42 Å². The average Bonchev–Trinajstić information content (AvgIpc) is 2.74. The van der Waals surface area contributed by atoms with Crippen molar-refractivity contribution in [1.29, 1.82) is 0 Å². The number of nitrogens with zero attached hydrogens (tertiary/aromatic N) is 4. The monoisotopic (exact) mass is 425 g/mol. The first kappa shape index (κ1) is 25.3. The Morgan fingerprint density at radius 1 is 1.00 bits per heavy atom. The van der Waals surface area contributed by atoms with Crippen molar-refractivity contribution in [3.05, 3.63) is 50.4 Å². The molecule has 0 heterocycles. The third-order valence-corrected chi connectivity index (χ3v) is 3.63. The molecule has 0 unspecified atom stereocenters. The fourth-order valence-corrected chi connectivity index (χ4v) is 2.16. The summed E-state index contributed by atoms with van der Waals surface area (Å²) in [7, 11) is 0. The lowest BCUT2D eigenvalue weighted by Gasteiger charge is -2.08. The second-order valence-corrected chi connectivity index (χ2v) is 5.87. The third-order valence-electron chi connectivity index (χ3n) is 3.63. The first-order chi connectivity index (χ1) is 14.6. The summed E-state index contributed by atoms with van der Waals surface area (Å²) in [6.07, 6.45) is 0.575. The Morgan fingerprint density at radius 3 is 2.13 bits per heavy atom. The number of nitrogens with one attached hydrogen (secondary N) is 1. The van der Waals surface area contributed by atoms with Crippen molar-refractivity contribution in [1.82, 2.24) is 5.32 Å². The van der Waals surface area contributed by atoms with E-state index in [1.54, 1.807) is 12.1 Å². The van der Waals surface area contributed by atoms with Crippen LogP contribution < -0.4 is 5.32 Å². The zero-order chi connectivity index (χ0) is 21.9. The van der Waals surface area contributed by atoms with E-state index in [0.717, 1.165) is 5.56 Å². The van der Waals surface area contributed by atoms with Gasteiger partial charge in [0, 0.05) is 30.1 Å². The molecule has 0 aliphatic carbocycles. The second kappa shape index (κ2) is 17.1. The first-order valence-electron chi connectivity index (χ1n) is 9.45. The van der Waals surface area contributed by atoms with Crippen LogP contribution in [0.2, 0.25) is 0 Å². The SMILES string of the molecule is [N-]=[N+]=NCCOCCOCCOCCOCC(=O)NCCc1ccc([N+](=O)[O-])cc1. The van der Waals surface area contributed by atoms with Crippen molar-refractivity contribution >= 4 is 11.6 Å². The number of amides is 1. The number of carbonyl (C=O) groups is 1. The summed E-state index contributed by atoms with van der Waals surface area (Å²) in [4.78, 5) is 24.4. The molecule has 0 saturated heterocycles. The Balaban J connectivity index is 1.88. The summed E-state index contributed by atoms with van der Waals surface area (Å²) in [6.45, 7) is 3.34. The molecule has 0 aliphatic rings. The van der Waals surface area contributed by atoms with Gasteiger partial charge >= 0.3 is 0 Å². The van der Waals surface area contributed by atoms with Crippen LogP contribution in [0.1, 0.15) is 5.56 Å². The van der Waals surface area contributed by atoms with Gasteiger partial charge in [-0.05, 0) is 17.5 Å². The standard InChI is InChI=1S/C18H27N5O7/c19-22-21-7-8-27-9-10-28-11-12-29-13-14-30-15-18(24)20-6-5-16-1-3-17(4-2-16)23(25)26/h1-4H,5-15H2,(H,20,24). The van der Waals surface area contributed by atoms with Gasteiger partial charge in [-0.15, -0.1) is 0 Å². The lowest BCUT2D eigenvalue weighted by molar-refractivity contribution is -0.384. The second-order valence-electron chi connectivity index (χ2n) is 5.87. The molecule has 0 radical (unpaired) electrons. The highest BCUT2D eigenvalue weighted by Crippen LogP contribution is 2.11. The summed E-state index contributed by atoms with van der Waals surface area (Å²) in [5.74, 6) is -0.235. The van der Waals surface area contributed by atoms with Crippen molar-refractivity contribution in [2.24, 2.45) is 5.11 Å².